The van der Waals surface area contributed by atoms with Crippen LogP contribution in [-0.4, -0.2) is 24.5 Å². The second kappa shape index (κ2) is 13.7. The molecule has 6 heteroatoms. The van der Waals surface area contributed by atoms with E-state index in [9.17, 15) is 0 Å². The Morgan fingerprint density at radius 2 is 1.60 bits per heavy atom. The lowest BCUT2D eigenvalue weighted by molar-refractivity contribution is 0.106. The molecule has 3 aromatic rings. The Kier molecular flexibility index (Phi) is 10.9. The van der Waals surface area contributed by atoms with Crippen molar-refractivity contribution in [3.05, 3.63) is 101 Å². The number of nitrogens with one attached hydrogen (secondary N) is 2. The Balaban J connectivity index is 0.00000320. The number of pyridine rings is 1. The van der Waals surface area contributed by atoms with Crippen molar-refractivity contribution in [1.29, 1.82) is 0 Å². The maximum absolute atomic E-state index is 5.91. The number of halogens is 1. The normalized spacial score (nSPS) is 10.9. The van der Waals surface area contributed by atoms with Gasteiger partial charge in [-0.3, -0.25) is 9.98 Å². The van der Waals surface area contributed by atoms with Crippen LogP contribution in [0.3, 0.4) is 0 Å². The highest BCUT2D eigenvalue weighted by Gasteiger charge is 2.04. The third-order valence-electron chi connectivity index (χ3n) is 4.56. The van der Waals surface area contributed by atoms with E-state index < -0.39 is 0 Å². The minimum Gasteiger partial charge on any atom is -0.372 e. The minimum atomic E-state index is 0. The van der Waals surface area contributed by atoms with Crippen molar-refractivity contribution >= 4 is 29.9 Å². The van der Waals surface area contributed by atoms with Gasteiger partial charge < -0.3 is 15.4 Å². The zero-order valence-electron chi connectivity index (χ0n) is 17.3. The molecule has 0 fully saturated rings. The first-order chi connectivity index (χ1) is 14.3. The van der Waals surface area contributed by atoms with Gasteiger partial charge >= 0.3 is 0 Å². The van der Waals surface area contributed by atoms with Gasteiger partial charge in [0.15, 0.2) is 5.96 Å². The van der Waals surface area contributed by atoms with E-state index in [4.69, 9.17) is 4.74 Å². The zero-order chi connectivity index (χ0) is 20.2. The predicted molar refractivity (Wildman–Crippen MR) is 133 cm³/mol. The summed E-state index contributed by atoms with van der Waals surface area (Å²) in [6.45, 7) is 2.66. The summed E-state index contributed by atoms with van der Waals surface area (Å²) in [5, 5.41) is 6.72. The maximum Gasteiger partial charge on any atom is 0.191 e. The second-order valence-electron chi connectivity index (χ2n) is 6.67. The maximum atomic E-state index is 5.91. The summed E-state index contributed by atoms with van der Waals surface area (Å²) < 4.78 is 5.91. The lowest BCUT2D eigenvalue weighted by Gasteiger charge is -2.14. The lowest BCUT2D eigenvalue weighted by atomic mass is 10.1. The van der Waals surface area contributed by atoms with E-state index in [1.165, 1.54) is 16.7 Å². The fourth-order valence-corrected chi connectivity index (χ4v) is 2.98. The number of aliphatic imine (C=N–C) groups is 1. The quantitative estimate of drug-likeness (QED) is 0.253. The third kappa shape index (κ3) is 8.12. The van der Waals surface area contributed by atoms with Gasteiger partial charge in [-0.15, -0.1) is 24.0 Å². The molecule has 0 unspecified atom stereocenters. The van der Waals surface area contributed by atoms with Crippen LogP contribution < -0.4 is 10.6 Å². The number of guanidine groups is 1. The van der Waals surface area contributed by atoms with Crippen LogP contribution in [0.5, 0.6) is 0 Å². The highest BCUT2D eigenvalue weighted by molar-refractivity contribution is 14.0. The van der Waals surface area contributed by atoms with Crippen LogP contribution in [-0.2, 0) is 30.9 Å². The van der Waals surface area contributed by atoms with Gasteiger partial charge in [0.2, 0.25) is 0 Å². The molecular weight excluding hydrogens is 487 g/mol. The fraction of sp³-hybridized carbons (Fsp3) is 0.250. The van der Waals surface area contributed by atoms with Crippen LogP contribution in [0.15, 0.2) is 84.0 Å². The molecule has 0 aliphatic rings. The van der Waals surface area contributed by atoms with Crippen molar-refractivity contribution < 1.29 is 4.74 Å². The molecule has 0 aliphatic heterocycles. The average Bonchev–Trinajstić information content (AvgIpc) is 2.78. The Morgan fingerprint density at radius 1 is 0.867 bits per heavy atom. The number of rotatable bonds is 9. The number of aromatic nitrogens is 1. The van der Waals surface area contributed by atoms with Gasteiger partial charge in [-0.05, 0) is 28.8 Å². The first-order valence-electron chi connectivity index (χ1n) is 9.88. The molecule has 0 saturated carbocycles. The van der Waals surface area contributed by atoms with Crippen LogP contribution in [0.25, 0.3) is 0 Å². The van der Waals surface area contributed by atoms with Crippen molar-refractivity contribution in [2.45, 2.75) is 26.2 Å². The van der Waals surface area contributed by atoms with E-state index >= 15 is 0 Å². The molecule has 30 heavy (non-hydrogen) atoms. The Hall–Kier alpha value is -2.45. The lowest BCUT2D eigenvalue weighted by Crippen LogP contribution is -2.38. The predicted octanol–water partition coefficient (Wildman–Crippen LogP) is 4.32. The van der Waals surface area contributed by atoms with Crippen molar-refractivity contribution in [1.82, 2.24) is 15.6 Å². The van der Waals surface area contributed by atoms with Gasteiger partial charge in [0, 0.05) is 38.4 Å². The highest BCUT2D eigenvalue weighted by Crippen LogP contribution is 2.11. The SMILES string of the molecule is CN=C(NCCc1ccccn1)NCc1ccccc1COCc1ccccc1.I. The molecule has 158 valence electrons. The van der Waals surface area contributed by atoms with Crippen LogP contribution in [0.4, 0.5) is 0 Å². The standard InChI is InChI=1S/C24H28N4O.HI/c1-25-24(27-16-14-23-13-7-8-15-26-23)28-17-21-11-5-6-12-22(21)19-29-18-20-9-3-2-4-10-20;/h2-13,15H,14,16-19H2,1H3,(H2,25,27,28);1H. The van der Waals surface area contributed by atoms with Gasteiger partial charge in [0.25, 0.3) is 0 Å². The molecule has 0 bridgehead atoms. The molecule has 1 aromatic heterocycles. The Bertz CT molecular complexity index is 888. The van der Waals surface area contributed by atoms with E-state index in [-0.39, 0.29) is 24.0 Å². The number of hydrogen-bond donors (Lipinski definition) is 2. The van der Waals surface area contributed by atoms with Gasteiger partial charge in [0.1, 0.15) is 0 Å². The Morgan fingerprint density at radius 3 is 2.33 bits per heavy atom. The number of hydrogen-bond acceptors (Lipinski definition) is 3. The monoisotopic (exact) mass is 516 g/mol. The largest absolute Gasteiger partial charge is 0.372 e. The van der Waals surface area contributed by atoms with Crippen LogP contribution in [0.1, 0.15) is 22.4 Å². The van der Waals surface area contributed by atoms with Gasteiger partial charge in [-0.1, -0.05) is 60.7 Å². The molecule has 0 saturated heterocycles. The van der Waals surface area contributed by atoms with E-state index in [1.807, 2.05) is 48.7 Å². The van der Waals surface area contributed by atoms with Gasteiger partial charge in [-0.25, -0.2) is 0 Å². The van der Waals surface area contributed by atoms with Crippen LogP contribution in [0, 0.1) is 0 Å². The summed E-state index contributed by atoms with van der Waals surface area (Å²) >= 11 is 0. The smallest absolute Gasteiger partial charge is 0.191 e. The van der Waals surface area contributed by atoms with E-state index in [2.05, 4.69) is 50.9 Å². The number of nitrogens with zero attached hydrogens (tertiary/aromatic N) is 2. The molecule has 0 atom stereocenters. The molecule has 0 amide bonds. The van der Waals surface area contributed by atoms with Gasteiger partial charge in [-0.2, -0.15) is 0 Å². The van der Waals surface area contributed by atoms with E-state index in [0.717, 1.165) is 24.6 Å². The molecule has 0 spiro atoms. The molecule has 2 N–H and O–H groups in total. The zero-order valence-corrected chi connectivity index (χ0v) is 19.6. The average molecular weight is 516 g/mol. The molecular formula is C24H29IN4O. The third-order valence-corrected chi connectivity index (χ3v) is 4.56. The summed E-state index contributed by atoms with van der Waals surface area (Å²) in [5.41, 5.74) is 4.63. The molecule has 5 nitrogen and oxygen atoms in total. The Labute approximate surface area is 196 Å². The van der Waals surface area contributed by atoms with Crippen molar-refractivity contribution in [2.75, 3.05) is 13.6 Å². The molecule has 0 radical (unpaired) electrons. The summed E-state index contributed by atoms with van der Waals surface area (Å²) in [6.07, 6.45) is 2.67. The minimum absolute atomic E-state index is 0. The molecule has 2 aromatic carbocycles. The van der Waals surface area contributed by atoms with Crippen LogP contribution in [0.2, 0.25) is 0 Å². The first kappa shape index (κ1) is 23.8. The van der Waals surface area contributed by atoms with Crippen molar-refractivity contribution in [3.8, 4) is 0 Å². The second-order valence-corrected chi connectivity index (χ2v) is 6.67. The topological polar surface area (TPSA) is 58.5 Å². The van der Waals surface area contributed by atoms with Crippen molar-refractivity contribution in [2.24, 2.45) is 4.99 Å². The van der Waals surface area contributed by atoms with E-state index in [1.54, 1.807) is 7.05 Å². The van der Waals surface area contributed by atoms with Crippen molar-refractivity contribution in [3.63, 3.8) is 0 Å². The van der Waals surface area contributed by atoms with E-state index in [0.29, 0.717) is 19.8 Å². The number of benzene rings is 2. The molecule has 3 rings (SSSR count). The summed E-state index contributed by atoms with van der Waals surface area (Å²) in [6, 6.07) is 24.5. The highest BCUT2D eigenvalue weighted by atomic mass is 127. The summed E-state index contributed by atoms with van der Waals surface area (Å²) in [5.74, 6) is 0.779. The fourth-order valence-electron chi connectivity index (χ4n) is 2.98. The first-order valence-corrected chi connectivity index (χ1v) is 9.88. The van der Waals surface area contributed by atoms with Gasteiger partial charge in [0.05, 0.1) is 13.2 Å². The summed E-state index contributed by atoms with van der Waals surface area (Å²) in [7, 11) is 1.78. The molecule has 0 aliphatic carbocycles. The summed E-state index contributed by atoms with van der Waals surface area (Å²) in [4.78, 5) is 8.65. The number of ether oxygens (including phenoxy) is 1. The molecule has 1 heterocycles. The van der Waals surface area contributed by atoms with Crippen LogP contribution >= 0.6 is 24.0 Å².